The molecule has 0 aliphatic rings. The molecular weight excluding hydrogens is 380 g/mol. The third-order valence-electron chi connectivity index (χ3n) is 5.27. The number of aliphatic hydroxyl groups excluding tert-OH is 2. The molecule has 0 aliphatic carbocycles. The highest BCUT2D eigenvalue weighted by atomic mass is 17.2. The summed E-state index contributed by atoms with van der Waals surface area (Å²) < 4.78 is 0. The first kappa shape index (κ1) is 29.1. The maximum Gasteiger partial charge on any atom is 0.342 e. The van der Waals surface area contributed by atoms with Gasteiger partial charge in [0.05, 0.1) is 6.61 Å². The van der Waals surface area contributed by atoms with E-state index in [1.165, 1.54) is 89.9 Å². The summed E-state index contributed by atoms with van der Waals surface area (Å²) in [6.45, 7) is 1.66. The molecule has 0 rings (SSSR count). The number of carbonyl (C=O) groups is 1. The number of hydrogen-bond acceptors (Lipinski definition) is 5. The Bertz CT molecular complexity index is 384. The summed E-state index contributed by atoms with van der Waals surface area (Å²) in [4.78, 5) is 20.5. The maximum absolute atomic E-state index is 11.4. The average molecular weight is 429 g/mol. The summed E-state index contributed by atoms with van der Waals surface area (Å²) in [6, 6.07) is 0. The van der Waals surface area contributed by atoms with E-state index >= 15 is 0 Å². The first-order valence-electron chi connectivity index (χ1n) is 12.5. The number of aliphatic hydroxyl groups is 2. The minimum Gasteiger partial charge on any atom is -0.394 e. The molecule has 1 atom stereocenters. The zero-order valence-electron chi connectivity index (χ0n) is 19.5. The van der Waals surface area contributed by atoms with Crippen LogP contribution in [0, 0.1) is 0 Å². The molecule has 5 heteroatoms. The van der Waals surface area contributed by atoms with E-state index in [4.69, 9.17) is 10.2 Å². The normalized spacial score (nSPS) is 12.5. The highest BCUT2D eigenvalue weighted by molar-refractivity contribution is 5.68. The molecule has 178 valence electrons. The third kappa shape index (κ3) is 23.4. The van der Waals surface area contributed by atoms with E-state index in [9.17, 15) is 4.79 Å². The maximum atomic E-state index is 11.4. The molecule has 5 nitrogen and oxygen atoms in total. The summed E-state index contributed by atoms with van der Waals surface area (Å²) in [7, 11) is 0. The Morgan fingerprint density at radius 3 is 1.73 bits per heavy atom. The van der Waals surface area contributed by atoms with Gasteiger partial charge < -0.3 is 10.2 Å². The zero-order valence-corrected chi connectivity index (χ0v) is 19.5. The molecule has 0 saturated carbocycles. The smallest absolute Gasteiger partial charge is 0.342 e. The number of hydrogen-bond donors (Lipinski definition) is 2. The second-order valence-corrected chi connectivity index (χ2v) is 8.32. The van der Waals surface area contributed by atoms with Crippen molar-refractivity contribution in [2.24, 2.45) is 0 Å². The van der Waals surface area contributed by atoms with Gasteiger partial charge in [0.2, 0.25) is 0 Å². The van der Waals surface area contributed by atoms with Crippen LogP contribution in [0.25, 0.3) is 0 Å². The van der Waals surface area contributed by atoms with Crippen molar-refractivity contribution in [3.05, 3.63) is 12.2 Å². The molecule has 0 aromatic heterocycles. The van der Waals surface area contributed by atoms with E-state index in [2.05, 4.69) is 28.9 Å². The summed E-state index contributed by atoms with van der Waals surface area (Å²) in [6.07, 6.45) is 25.6. The van der Waals surface area contributed by atoms with Crippen molar-refractivity contribution in [3.63, 3.8) is 0 Å². The summed E-state index contributed by atoms with van der Waals surface area (Å²) >= 11 is 0. The van der Waals surface area contributed by atoms with Crippen LogP contribution in [0.4, 0.5) is 0 Å². The third-order valence-corrected chi connectivity index (χ3v) is 5.27. The molecule has 0 radical (unpaired) electrons. The van der Waals surface area contributed by atoms with Crippen molar-refractivity contribution < 1.29 is 24.8 Å². The molecule has 0 fully saturated rings. The molecule has 30 heavy (non-hydrogen) atoms. The van der Waals surface area contributed by atoms with Crippen molar-refractivity contribution >= 4 is 5.97 Å². The van der Waals surface area contributed by atoms with Gasteiger partial charge in [0.1, 0.15) is 12.7 Å². The van der Waals surface area contributed by atoms with E-state index in [1.807, 2.05) is 0 Å². The van der Waals surface area contributed by atoms with Gasteiger partial charge in [-0.3, -0.25) is 4.89 Å². The molecule has 1 unspecified atom stereocenters. The first-order chi connectivity index (χ1) is 14.7. The minimum atomic E-state index is -1.01. The van der Waals surface area contributed by atoms with Crippen molar-refractivity contribution in [1.82, 2.24) is 0 Å². The highest BCUT2D eigenvalue weighted by Gasteiger charge is 2.07. The van der Waals surface area contributed by atoms with Crippen LogP contribution in [0.5, 0.6) is 0 Å². The van der Waals surface area contributed by atoms with Gasteiger partial charge in [-0.2, -0.15) is 4.89 Å². The lowest BCUT2D eigenvalue weighted by atomic mass is 10.1. The summed E-state index contributed by atoms with van der Waals surface area (Å²) in [5.41, 5.74) is 0. The molecule has 2 N–H and O–H groups in total. The number of unbranched alkanes of at least 4 members (excludes halogenated alkanes) is 15. The van der Waals surface area contributed by atoms with Crippen molar-refractivity contribution in [1.29, 1.82) is 0 Å². The Kier molecular flexibility index (Phi) is 23.6. The Morgan fingerprint density at radius 1 is 0.767 bits per heavy atom. The highest BCUT2D eigenvalue weighted by Crippen LogP contribution is 2.12. The Morgan fingerprint density at radius 2 is 1.23 bits per heavy atom. The fourth-order valence-corrected chi connectivity index (χ4v) is 3.32. The van der Waals surface area contributed by atoms with Crippen LogP contribution in [0.15, 0.2) is 12.2 Å². The first-order valence-corrected chi connectivity index (χ1v) is 12.5. The van der Waals surface area contributed by atoms with Gasteiger partial charge in [-0.1, -0.05) is 96.1 Å². The zero-order chi connectivity index (χ0) is 22.1. The SMILES string of the molecule is CCCCCCCC/C=C\CCCCCCCCCCCC(=O)OOCC(O)CO. The average Bonchev–Trinajstić information content (AvgIpc) is 2.75. The number of allylic oxidation sites excluding steroid dienone is 2. The molecule has 0 heterocycles. The van der Waals surface area contributed by atoms with Crippen molar-refractivity contribution in [2.75, 3.05) is 13.2 Å². The fraction of sp³-hybridized carbons (Fsp3) is 0.880. The second-order valence-electron chi connectivity index (χ2n) is 8.32. The van der Waals surface area contributed by atoms with Gasteiger partial charge in [0.15, 0.2) is 0 Å². The topological polar surface area (TPSA) is 76.0 Å². The monoisotopic (exact) mass is 428 g/mol. The van der Waals surface area contributed by atoms with Crippen LogP contribution < -0.4 is 0 Å². The molecule has 0 bridgehead atoms. The Balaban J connectivity index is 3.19. The van der Waals surface area contributed by atoms with Crippen molar-refractivity contribution in [3.8, 4) is 0 Å². The largest absolute Gasteiger partial charge is 0.394 e. The van der Waals surface area contributed by atoms with Crippen molar-refractivity contribution in [2.45, 2.75) is 129 Å². The Hall–Kier alpha value is -0.910. The quantitative estimate of drug-likeness (QED) is 0.0851. The molecule has 0 aromatic rings. The van der Waals surface area contributed by atoms with E-state index in [-0.39, 0.29) is 6.61 Å². The van der Waals surface area contributed by atoms with E-state index < -0.39 is 18.7 Å². The summed E-state index contributed by atoms with van der Waals surface area (Å²) in [5, 5.41) is 17.7. The van der Waals surface area contributed by atoms with E-state index in [0.717, 1.165) is 19.3 Å². The van der Waals surface area contributed by atoms with Crippen LogP contribution in [0.3, 0.4) is 0 Å². The van der Waals surface area contributed by atoms with Gasteiger partial charge in [-0.25, -0.2) is 4.79 Å². The number of carbonyl (C=O) groups excluding carboxylic acids is 1. The van der Waals surface area contributed by atoms with Gasteiger partial charge in [0.25, 0.3) is 0 Å². The number of rotatable bonds is 23. The molecule has 0 aliphatic heterocycles. The fourth-order valence-electron chi connectivity index (χ4n) is 3.32. The standard InChI is InChI=1S/C25H48O5/c1-2-3-4-5-6-7-8-9-10-11-12-13-14-15-16-17-18-19-20-21-25(28)30-29-23-24(27)22-26/h9-10,24,26-27H,2-8,11-23H2,1H3/b10-9-. The molecule has 0 spiro atoms. The van der Waals surface area contributed by atoms with E-state index in [0.29, 0.717) is 6.42 Å². The second kappa shape index (κ2) is 24.4. The van der Waals surface area contributed by atoms with Crippen LogP contribution in [0.2, 0.25) is 0 Å². The molecular formula is C25H48O5. The van der Waals surface area contributed by atoms with Crippen LogP contribution in [-0.4, -0.2) is 35.5 Å². The predicted octanol–water partition coefficient (Wildman–Crippen LogP) is 6.41. The van der Waals surface area contributed by atoms with Gasteiger partial charge in [-0.05, 0) is 32.1 Å². The lowest BCUT2D eigenvalue weighted by Gasteiger charge is -2.07. The lowest BCUT2D eigenvalue weighted by molar-refractivity contribution is -0.282. The predicted molar refractivity (Wildman–Crippen MR) is 123 cm³/mol. The van der Waals surface area contributed by atoms with Gasteiger partial charge in [-0.15, -0.1) is 0 Å². The molecule has 0 amide bonds. The van der Waals surface area contributed by atoms with Crippen LogP contribution in [0.1, 0.15) is 122 Å². The van der Waals surface area contributed by atoms with Gasteiger partial charge >= 0.3 is 5.97 Å². The minimum absolute atomic E-state index is 0.197. The lowest BCUT2D eigenvalue weighted by Crippen LogP contribution is -2.20. The molecule has 0 saturated heterocycles. The van der Waals surface area contributed by atoms with Gasteiger partial charge in [0, 0.05) is 6.42 Å². The van der Waals surface area contributed by atoms with E-state index in [1.54, 1.807) is 0 Å². The van der Waals surface area contributed by atoms with Crippen LogP contribution >= 0.6 is 0 Å². The Labute approximate surface area is 185 Å². The molecule has 0 aromatic carbocycles. The summed E-state index contributed by atoms with van der Waals surface area (Å²) in [5.74, 6) is -0.416. The van der Waals surface area contributed by atoms with Crippen LogP contribution in [-0.2, 0) is 14.6 Å².